The minimum absolute atomic E-state index is 0.318. The van der Waals surface area contributed by atoms with Gasteiger partial charge in [0, 0.05) is 0 Å². The van der Waals surface area contributed by atoms with E-state index in [0.29, 0.717) is 0 Å². The first-order chi connectivity index (χ1) is 7.43. The van der Waals surface area contributed by atoms with Crippen LogP contribution in [0.25, 0.3) is 0 Å². The van der Waals surface area contributed by atoms with E-state index in [0.717, 1.165) is 25.7 Å². The summed E-state index contributed by atoms with van der Waals surface area (Å²) in [5, 5.41) is 2.85. The molecule has 1 aliphatic heterocycles. The van der Waals surface area contributed by atoms with Crippen LogP contribution in [0, 0.1) is 0 Å². The molecule has 3 nitrogen and oxygen atoms in total. The molecule has 0 bridgehead atoms. The van der Waals surface area contributed by atoms with Gasteiger partial charge in [0.05, 0.1) is 0 Å². The van der Waals surface area contributed by atoms with Gasteiger partial charge < -0.3 is 10.1 Å². The first kappa shape index (κ1) is 12.7. The Balaban J connectivity index is 2.12. The summed E-state index contributed by atoms with van der Waals surface area (Å²) < 4.78 is 4.00. The van der Waals surface area contributed by atoms with Crippen LogP contribution in [0.1, 0.15) is 38.5 Å². The van der Waals surface area contributed by atoms with Crippen molar-refractivity contribution in [3.05, 3.63) is 0 Å². The summed E-state index contributed by atoms with van der Waals surface area (Å²) in [6.45, 7) is 0. The second kappa shape index (κ2) is 4.52. The Morgan fingerprint density at radius 1 is 1.19 bits per heavy atom. The van der Waals surface area contributed by atoms with Gasteiger partial charge in [-0.2, -0.15) is 0 Å². The van der Waals surface area contributed by atoms with E-state index in [-0.39, 0.29) is 5.91 Å². The highest BCUT2D eigenvalue weighted by molar-refractivity contribution is 6.68. The molecule has 1 atom stereocenters. The highest BCUT2D eigenvalue weighted by Gasteiger charge is 2.52. The van der Waals surface area contributed by atoms with E-state index in [1.165, 1.54) is 12.8 Å². The van der Waals surface area contributed by atoms with Crippen molar-refractivity contribution in [2.24, 2.45) is 0 Å². The molecule has 16 heavy (non-hydrogen) atoms. The van der Waals surface area contributed by atoms with Crippen molar-refractivity contribution >= 4 is 40.7 Å². The second-order valence-corrected chi connectivity index (χ2v) is 6.81. The molecule has 1 N–H and O–H groups in total. The van der Waals surface area contributed by atoms with E-state index in [1.807, 2.05) is 0 Å². The molecule has 1 spiro atoms. The lowest BCUT2D eigenvalue weighted by atomic mass is 10.1. The van der Waals surface area contributed by atoms with E-state index in [9.17, 15) is 4.79 Å². The quantitative estimate of drug-likeness (QED) is 0.695. The van der Waals surface area contributed by atoms with Gasteiger partial charge in [-0.3, -0.25) is 4.79 Å². The molecule has 0 radical (unpaired) electrons. The molecule has 0 aromatic rings. The van der Waals surface area contributed by atoms with Gasteiger partial charge in [0.1, 0.15) is 5.72 Å². The Bertz CT molecular complexity index is 282. The maximum atomic E-state index is 11.7. The van der Waals surface area contributed by atoms with E-state index in [2.05, 4.69) is 5.32 Å². The SMILES string of the molecule is O=C1NC2(CCCCCC2)OC1C(Cl)(Cl)Cl. The average molecular weight is 287 g/mol. The third-order valence-corrected chi connectivity index (χ3v) is 3.74. The van der Waals surface area contributed by atoms with E-state index < -0.39 is 15.6 Å². The molecule has 92 valence electrons. The highest BCUT2D eigenvalue weighted by Crippen LogP contribution is 2.41. The summed E-state index contributed by atoms with van der Waals surface area (Å²) in [6.07, 6.45) is 5.01. The Morgan fingerprint density at radius 3 is 2.19 bits per heavy atom. The van der Waals surface area contributed by atoms with Crippen LogP contribution in [-0.2, 0) is 9.53 Å². The van der Waals surface area contributed by atoms with Gasteiger partial charge in [-0.1, -0.05) is 47.6 Å². The van der Waals surface area contributed by atoms with Crippen molar-refractivity contribution in [2.75, 3.05) is 0 Å². The maximum Gasteiger partial charge on any atom is 0.255 e. The van der Waals surface area contributed by atoms with Crippen molar-refractivity contribution in [2.45, 2.75) is 54.1 Å². The van der Waals surface area contributed by atoms with Crippen LogP contribution in [0.5, 0.6) is 0 Å². The highest BCUT2D eigenvalue weighted by atomic mass is 35.6. The van der Waals surface area contributed by atoms with E-state index in [1.54, 1.807) is 0 Å². The molecule has 2 fully saturated rings. The number of ether oxygens (including phenoxy) is 1. The van der Waals surface area contributed by atoms with Crippen molar-refractivity contribution in [1.82, 2.24) is 5.32 Å². The summed E-state index contributed by atoms with van der Waals surface area (Å²) in [5.74, 6) is -0.318. The second-order valence-electron chi connectivity index (χ2n) is 4.44. The lowest BCUT2D eigenvalue weighted by molar-refractivity contribution is -0.123. The van der Waals surface area contributed by atoms with Gasteiger partial charge in [-0.05, 0) is 25.7 Å². The van der Waals surface area contributed by atoms with E-state index >= 15 is 0 Å². The fourth-order valence-electron chi connectivity index (χ4n) is 2.36. The Morgan fingerprint density at radius 2 is 1.75 bits per heavy atom. The third kappa shape index (κ3) is 2.58. The number of carbonyl (C=O) groups is 1. The number of carbonyl (C=O) groups excluding carboxylic acids is 1. The van der Waals surface area contributed by atoms with E-state index in [4.69, 9.17) is 39.5 Å². The fourth-order valence-corrected chi connectivity index (χ4v) is 2.79. The molecule has 1 saturated heterocycles. The number of hydrogen-bond donors (Lipinski definition) is 1. The van der Waals surface area contributed by atoms with Crippen LogP contribution in [0.4, 0.5) is 0 Å². The molecule has 1 saturated carbocycles. The van der Waals surface area contributed by atoms with Crippen LogP contribution < -0.4 is 5.32 Å². The van der Waals surface area contributed by atoms with Crippen molar-refractivity contribution < 1.29 is 9.53 Å². The molecular formula is C10H14Cl3NO2. The smallest absolute Gasteiger partial charge is 0.255 e. The van der Waals surface area contributed by atoms with Crippen molar-refractivity contribution in [1.29, 1.82) is 0 Å². The zero-order valence-corrected chi connectivity index (χ0v) is 11.0. The molecule has 2 aliphatic rings. The monoisotopic (exact) mass is 285 g/mol. The fraction of sp³-hybridized carbons (Fsp3) is 0.900. The zero-order valence-electron chi connectivity index (χ0n) is 8.77. The first-order valence-corrected chi connectivity index (χ1v) is 6.63. The molecule has 0 aromatic carbocycles. The topological polar surface area (TPSA) is 38.3 Å². The number of amides is 1. The lowest BCUT2D eigenvalue weighted by Gasteiger charge is -2.28. The summed E-state index contributed by atoms with van der Waals surface area (Å²) in [5.41, 5.74) is -0.595. The van der Waals surface area contributed by atoms with Gasteiger partial charge in [-0.25, -0.2) is 0 Å². The summed E-state index contributed by atoms with van der Waals surface area (Å²) >= 11 is 17.2. The Labute approximate surface area is 110 Å². The number of nitrogens with one attached hydrogen (secondary N) is 1. The van der Waals surface area contributed by atoms with Crippen LogP contribution in [-0.4, -0.2) is 21.5 Å². The summed E-state index contributed by atoms with van der Waals surface area (Å²) in [6, 6.07) is 0. The van der Waals surface area contributed by atoms with Crippen molar-refractivity contribution in [3.63, 3.8) is 0 Å². The molecule has 1 amide bonds. The predicted octanol–water partition coefficient (Wildman–Crippen LogP) is 2.92. The standard InChI is InChI=1S/C10H14Cl3NO2/c11-10(12,13)7-8(15)14-9(16-7)5-3-1-2-4-6-9/h7H,1-6H2,(H,14,15). The normalized spacial score (nSPS) is 30.2. The Hall–Kier alpha value is 0.300. The number of halogens is 3. The van der Waals surface area contributed by atoms with Gasteiger partial charge in [0.15, 0.2) is 6.10 Å². The molecule has 6 heteroatoms. The molecule has 2 rings (SSSR count). The van der Waals surface area contributed by atoms with Gasteiger partial charge in [0.2, 0.25) is 3.79 Å². The average Bonchev–Trinajstić information content (AvgIpc) is 2.36. The van der Waals surface area contributed by atoms with Crippen molar-refractivity contribution in [3.8, 4) is 0 Å². The first-order valence-electron chi connectivity index (χ1n) is 5.50. The minimum atomic E-state index is -1.69. The molecular weight excluding hydrogens is 272 g/mol. The van der Waals surface area contributed by atoms with Crippen LogP contribution in [0.15, 0.2) is 0 Å². The summed E-state index contributed by atoms with van der Waals surface area (Å²) in [7, 11) is 0. The zero-order chi connectivity index (χ0) is 11.8. The van der Waals surface area contributed by atoms with Crippen LogP contribution >= 0.6 is 34.8 Å². The van der Waals surface area contributed by atoms with Gasteiger partial charge in [-0.15, -0.1) is 0 Å². The van der Waals surface area contributed by atoms with Gasteiger partial charge >= 0.3 is 0 Å². The summed E-state index contributed by atoms with van der Waals surface area (Å²) in [4.78, 5) is 11.7. The van der Waals surface area contributed by atoms with Crippen LogP contribution in [0.2, 0.25) is 0 Å². The minimum Gasteiger partial charge on any atom is -0.338 e. The third-order valence-electron chi connectivity index (χ3n) is 3.14. The van der Waals surface area contributed by atoms with Crippen LogP contribution in [0.3, 0.4) is 0 Å². The molecule has 0 aromatic heterocycles. The molecule has 1 heterocycles. The Kier molecular flexibility index (Phi) is 3.60. The number of alkyl halides is 3. The largest absolute Gasteiger partial charge is 0.338 e. The van der Waals surface area contributed by atoms with Gasteiger partial charge in [0.25, 0.3) is 5.91 Å². The number of rotatable bonds is 0. The lowest BCUT2D eigenvalue weighted by Crippen LogP contribution is -2.42. The predicted molar refractivity (Wildman–Crippen MR) is 63.7 cm³/mol. The molecule has 1 aliphatic carbocycles. The number of hydrogen-bond acceptors (Lipinski definition) is 2. The molecule has 1 unspecified atom stereocenters. The maximum absolute atomic E-state index is 11.7.